The van der Waals surface area contributed by atoms with Gasteiger partial charge < -0.3 is 12.8 Å². The molecule has 0 radical (unpaired) electrons. The molecule has 0 N–H and O–H groups in total. The average Bonchev–Trinajstić information content (AvgIpc) is 3.06. The van der Waals surface area contributed by atoms with Gasteiger partial charge in [0.25, 0.3) is 0 Å². The van der Waals surface area contributed by atoms with E-state index in [1.54, 1.807) is 0 Å². The molecule has 6 aromatic carbocycles. The first-order valence-corrected chi connectivity index (χ1v) is 22.1. The van der Waals surface area contributed by atoms with Crippen LogP contribution in [0.4, 0.5) is 0 Å². The van der Waals surface area contributed by atoms with E-state index in [1.165, 1.54) is 12.3 Å². The third-order valence-electron chi connectivity index (χ3n) is 10.0. The first kappa shape index (κ1) is 48.0. The van der Waals surface area contributed by atoms with Crippen molar-refractivity contribution in [3.05, 3.63) is 133 Å². The Morgan fingerprint density at radius 2 is 0.593 bits per heavy atom. The van der Waals surface area contributed by atoms with E-state index in [0.29, 0.717) is 20.6 Å². The SMILES string of the molecule is CC(C)(C)[PH+](CC[PH+](C(C)(C)C)C(C)(C)C)C(C)(C)C.[Ag+].[Ag+].[C-]#Cc1c2ccccc2cc2ccccc12.[C-]#Cc1c2ccccc2cc2ccccc12. The molecule has 0 saturated heterocycles. The second kappa shape index (κ2) is 19.8. The van der Waals surface area contributed by atoms with Gasteiger partial charge in [0.2, 0.25) is 0 Å². The maximum atomic E-state index is 7.46. The molecule has 0 nitrogen and oxygen atoms in total. The molecule has 0 aliphatic carbocycles. The molecule has 0 unspecified atom stereocenters. The van der Waals surface area contributed by atoms with Gasteiger partial charge in [-0.05, 0) is 117 Å². The van der Waals surface area contributed by atoms with Gasteiger partial charge in [-0.15, -0.1) is 11.1 Å². The molecule has 6 rings (SSSR count). The van der Waals surface area contributed by atoms with Gasteiger partial charge in [0.05, 0.1) is 32.9 Å². The van der Waals surface area contributed by atoms with Crippen LogP contribution in [0.3, 0.4) is 0 Å². The van der Waals surface area contributed by atoms with Crippen LogP contribution in [0.5, 0.6) is 0 Å². The summed E-state index contributed by atoms with van der Waals surface area (Å²) >= 11 is 0. The smallest absolute Gasteiger partial charge is 0.366 e. The third-order valence-corrected chi connectivity index (χ3v) is 19.3. The maximum absolute atomic E-state index is 7.46. The van der Waals surface area contributed by atoms with Crippen molar-refractivity contribution < 1.29 is 44.8 Å². The average molecular weight is 939 g/mol. The van der Waals surface area contributed by atoms with Gasteiger partial charge >= 0.3 is 44.8 Å². The zero-order valence-corrected chi connectivity index (χ0v) is 39.4. The quantitative estimate of drug-likeness (QED) is 0.0545. The van der Waals surface area contributed by atoms with Gasteiger partial charge in [0.15, 0.2) is 0 Å². The van der Waals surface area contributed by atoms with Crippen molar-refractivity contribution in [2.24, 2.45) is 0 Å². The van der Waals surface area contributed by atoms with Crippen LogP contribution >= 0.6 is 15.8 Å². The standard InChI is InChI=1S/C18H40P2.2C16H9.2Ag/c1-15(2,3)19(16(4,5)6)13-14-20(17(7,8)9)18(10,11)12;2*1-2-14-15-9-5-3-7-12(15)11-13-8-4-6-10-16(13)14;;/h13-14H2,1-12H3;2*3-11H;;/q;2*-1;2*+1/p+2. The molecular formula is C50H60Ag2P2+2. The summed E-state index contributed by atoms with van der Waals surface area (Å²) in [5.41, 5.74) is 1.77. The van der Waals surface area contributed by atoms with E-state index in [-0.39, 0.29) is 60.6 Å². The fraction of sp³-hybridized carbons (Fsp3) is 0.360. The summed E-state index contributed by atoms with van der Waals surface area (Å²) < 4.78 is 0. The monoisotopic (exact) mass is 936 g/mol. The molecule has 0 saturated carbocycles. The number of hydrogen-bond acceptors (Lipinski definition) is 0. The van der Waals surface area contributed by atoms with Gasteiger partial charge in [0, 0.05) is 15.8 Å². The molecule has 54 heavy (non-hydrogen) atoms. The zero-order valence-electron chi connectivity index (χ0n) is 34.4. The van der Waals surface area contributed by atoms with E-state index in [1.807, 2.05) is 72.8 Å². The molecule has 0 amide bonds. The van der Waals surface area contributed by atoms with Crippen LogP contribution in [0.1, 0.15) is 94.2 Å². The van der Waals surface area contributed by atoms with Crippen molar-refractivity contribution in [3.8, 4) is 11.8 Å². The first-order valence-electron chi connectivity index (χ1n) is 18.7. The Hall–Kier alpha value is -2.18. The summed E-state index contributed by atoms with van der Waals surface area (Å²) in [7, 11) is -0.729. The van der Waals surface area contributed by atoms with E-state index in [9.17, 15) is 0 Å². The minimum absolute atomic E-state index is 0. The van der Waals surface area contributed by atoms with Gasteiger partial charge in [0.1, 0.15) is 0 Å². The van der Waals surface area contributed by atoms with Crippen LogP contribution in [0.15, 0.2) is 109 Å². The summed E-state index contributed by atoms with van der Waals surface area (Å²) in [5.74, 6) is 5.13. The number of benzene rings is 6. The summed E-state index contributed by atoms with van der Waals surface area (Å²) in [6.07, 6.45) is 17.9. The van der Waals surface area contributed by atoms with Gasteiger partial charge in [-0.2, -0.15) is 0 Å². The zero-order chi connectivity index (χ0) is 38.5. The fourth-order valence-corrected chi connectivity index (χ4v) is 17.8. The maximum Gasteiger partial charge on any atom is 1.00 e. The Morgan fingerprint density at radius 3 is 0.778 bits per heavy atom. The summed E-state index contributed by atoms with van der Waals surface area (Å²) in [5, 5.41) is 11.0. The Labute approximate surface area is 362 Å². The molecule has 290 valence electrons. The van der Waals surface area contributed by atoms with Gasteiger partial charge in [-0.25, -0.2) is 0 Å². The largest absolute Gasteiger partial charge is 1.00 e. The molecular weight excluding hydrogens is 878 g/mol. The van der Waals surface area contributed by atoms with Crippen molar-refractivity contribution in [2.75, 3.05) is 12.3 Å². The normalized spacial score (nSPS) is 11.9. The number of fused-ring (bicyclic) bond motifs is 4. The van der Waals surface area contributed by atoms with Gasteiger partial charge in [-0.1, -0.05) is 119 Å². The Bertz CT molecular complexity index is 1930. The van der Waals surface area contributed by atoms with Crippen LogP contribution in [0.25, 0.3) is 43.1 Å². The van der Waals surface area contributed by atoms with E-state index in [0.717, 1.165) is 54.2 Å². The van der Waals surface area contributed by atoms with E-state index in [2.05, 4.69) is 131 Å². The minimum Gasteiger partial charge on any atom is -0.366 e. The van der Waals surface area contributed by atoms with Crippen LogP contribution in [-0.2, 0) is 44.8 Å². The molecule has 0 fully saturated rings. The van der Waals surface area contributed by atoms with E-state index < -0.39 is 0 Å². The van der Waals surface area contributed by atoms with E-state index in [4.69, 9.17) is 12.8 Å². The first-order chi connectivity index (χ1) is 24.3. The minimum atomic E-state index is -0.364. The van der Waals surface area contributed by atoms with Gasteiger partial charge in [-0.3, -0.25) is 11.8 Å². The molecule has 6 aromatic rings. The molecule has 0 heterocycles. The number of hydrogen-bond donors (Lipinski definition) is 0. The molecule has 0 aromatic heterocycles. The Morgan fingerprint density at radius 1 is 0.389 bits per heavy atom. The fourth-order valence-electron chi connectivity index (χ4n) is 8.30. The second-order valence-electron chi connectivity index (χ2n) is 18.1. The van der Waals surface area contributed by atoms with Crippen molar-refractivity contribution in [2.45, 2.75) is 104 Å². The molecule has 0 spiro atoms. The van der Waals surface area contributed by atoms with Crippen LogP contribution in [0.2, 0.25) is 0 Å². The molecule has 0 aliphatic rings. The summed E-state index contributed by atoms with van der Waals surface area (Å²) in [6.45, 7) is 29.6. The molecule has 0 bridgehead atoms. The van der Waals surface area contributed by atoms with E-state index >= 15 is 0 Å². The third kappa shape index (κ3) is 12.2. The van der Waals surface area contributed by atoms with Crippen molar-refractivity contribution in [3.63, 3.8) is 0 Å². The van der Waals surface area contributed by atoms with Crippen LogP contribution in [-0.4, -0.2) is 32.9 Å². The summed E-state index contributed by atoms with van der Waals surface area (Å²) in [4.78, 5) is 0. The van der Waals surface area contributed by atoms with Crippen molar-refractivity contribution >= 4 is 58.9 Å². The van der Waals surface area contributed by atoms with Crippen molar-refractivity contribution in [1.82, 2.24) is 0 Å². The second-order valence-corrected chi connectivity index (χ2v) is 27.0. The Balaban J connectivity index is 0.000000276. The summed E-state index contributed by atoms with van der Waals surface area (Å²) in [6, 6.07) is 36.8. The predicted molar refractivity (Wildman–Crippen MR) is 241 cm³/mol. The molecule has 0 aliphatic heterocycles. The topological polar surface area (TPSA) is 0 Å². The molecule has 4 heteroatoms. The van der Waals surface area contributed by atoms with Crippen molar-refractivity contribution in [1.29, 1.82) is 0 Å². The van der Waals surface area contributed by atoms with Crippen LogP contribution < -0.4 is 0 Å². The molecule has 0 atom stereocenters. The predicted octanol–water partition coefficient (Wildman–Crippen LogP) is 14.5. The number of rotatable bonds is 3. The van der Waals surface area contributed by atoms with Crippen LogP contribution in [0, 0.1) is 24.7 Å². The Kier molecular flexibility index (Phi) is 17.6.